The number of ether oxygens (including phenoxy) is 2. The molecule has 3 aromatic heterocycles. The topological polar surface area (TPSA) is 107 Å². The largest absolute Gasteiger partial charge is 0.458 e. The highest BCUT2D eigenvalue weighted by atomic mass is 16.5. The summed E-state index contributed by atoms with van der Waals surface area (Å²) in [5, 5.41) is 18.8. The Labute approximate surface area is 150 Å². The fourth-order valence-electron chi connectivity index (χ4n) is 3.00. The number of furan rings is 1. The average Bonchev–Trinajstić information content (AvgIpc) is 3.41. The number of hydrogen-bond acceptors (Lipinski definition) is 8. The molecule has 4 rings (SSSR count). The van der Waals surface area contributed by atoms with E-state index in [1.54, 1.807) is 18.0 Å². The summed E-state index contributed by atoms with van der Waals surface area (Å²) >= 11 is 0. The van der Waals surface area contributed by atoms with Crippen molar-refractivity contribution in [3.63, 3.8) is 0 Å². The molecule has 0 radical (unpaired) electrons. The molecule has 0 saturated carbocycles. The van der Waals surface area contributed by atoms with Crippen molar-refractivity contribution in [3.05, 3.63) is 36.0 Å². The van der Waals surface area contributed by atoms with Gasteiger partial charge in [0.05, 0.1) is 26.3 Å². The van der Waals surface area contributed by atoms with Crippen molar-refractivity contribution in [3.8, 4) is 11.5 Å². The average molecular weight is 359 g/mol. The van der Waals surface area contributed by atoms with Crippen molar-refractivity contribution in [2.75, 3.05) is 33.4 Å². The van der Waals surface area contributed by atoms with Crippen molar-refractivity contribution in [2.24, 2.45) is 0 Å². The lowest BCUT2D eigenvalue weighted by molar-refractivity contribution is -0.0412. The van der Waals surface area contributed by atoms with Gasteiger partial charge in [-0.25, -0.2) is 4.68 Å². The predicted molar refractivity (Wildman–Crippen MR) is 90.0 cm³/mol. The first-order chi connectivity index (χ1) is 12.8. The molecule has 0 bridgehead atoms. The molecule has 1 fully saturated rings. The molecular formula is C16H21N7O3. The quantitative estimate of drug-likeness (QED) is 0.662. The summed E-state index contributed by atoms with van der Waals surface area (Å²) in [5.41, 5.74) is 0.869. The lowest BCUT2D eigenvalue weighted by Crippen LogP contribution is -2.38. The van der Waals surface area contributed by atoms with Crippen LogP contribution in [0.3, 0.4) is 0 Å². The number of methoxy groups -OCH3 is 1. The number of rotatable bonds is 7. The third-order valence-corrected chi connectivity index (χ3v) is 4.31. The second-order valence-electron chi connectivity index (χ2n) is 6.08. The van der Waals surface area contributed by atoms with Gasteiger partial charge in [0.2, 0.25) is 0 Å². The van der Waals surface area contributed by atoms with E-state index < -0.39 is 0 Å². The molecule has 0 unspecified atom stereocenters. The normalized spacial score (nSPS) is 18.4. The van der Waals surface area contributed by atoms with Crippen LogP contribution in [-0.2, 0) is 22.6 Å². The first kappa shape index (κ1) is 16.9. The molecule has 4 heterocycles. The van der Waals surface area contributed by atoms with Gasteiger partial charge in [-0.3, -0.25) is 10.00 Å². The zero-order chi connectivity index (χ0) is 17.8. The Bertz CT molecular complexity index is 814. The van der Waals surface area contributed by atoms with Gasteiger partial charge in [0.25, 0.3) is 0 Å². The van der Waals surface area contributed by atoms with Crippen molar-refractivity contribution in [2.45, 2.75) is 19.2 Å². The van der Waals surface area contributed by atoms with Crippen LogP contribution in [0, 0.1) is 0 Å². The van der Waals surface area contributed by atoms with Gasteiger partial charge in [-0.15, -0.1) is 5.10 Å². The summed E-state index contributed by atoms with van der Waals surface area (Å²) in [7, 11) is 1.66. The van der Waals surface area contributed by atoms with Crippen LogP contribution in [0.1, 0.15) is 17.7 Å². The number of H-pyrrole nitrogens is 1. The van der Waals surface area contributed by atoms with Crippen LogP contribution < -0.4 is 0 Å². The minimum atomic E-state index is -0.169. The standard InChI is InChI=1S/C16H21N7O3/c1-24-8-7-23-16(19-20-21-23)15-11-22(6-9-25-15)10-12-2-3-14(26-12)13-4-5-17-18-13/h2-5,15H,6-11H2,1H3,(H,17,18)/t15-/m1/s1. The summed E-state index contributed by atoms with van der Waals surface area (Å²) in [4.78, 5) is 2.28. The molecular weight excluding hydrogens is 338 g/mol. The minimum Gasteiger partial charge on any atom is -0.458 e. The smallest absolute Gasteiger partial charge is 0.181 e. The highest BCUT2D eigenvalue weighted by Crippen LogP contribution is 2.24. The molecule has 0 aliphatic carbocycles. The lowest BCUT2D eigenvalue weighted by Gasteiger charge is -2.31. The van der Waals surface area contributed by atoms with E-state index in [-0.39, 0.29) is 6.10 Å². The molecule has 3 aromatic rings. The molecule has 26 heavy (non-hydrogen) atoms. The molecule has 1 saturated heterocycles. The summed E-state index contributed by atoms with van der Waals surface area (Å²) in [6, 6.07) is 5.82. The zero-order valence-corrected chi connectivity index (χ0v) is 14.5. The third kappa shape index (κ3) is 3.66. The van der Waals surface area contributed by atoms with Gasteiger partial charge in [0.1, 0.15) is 17.6 Å². The van der Waals surface area contributed by atoms with Gasteiger partial charge in [-0.05, 0) is 28.6 Å². The highest BCUT2D eigenvalue weighted by Gasteiger charge is 2.27. The molecule has 1 N–H and O–H groups in total. The maximum Gasteiger partial charge on any atom is 0.181 e. The molecule has 0 aromatic carbocycles. The van der Waals surface area contributed by atoms with Gasteiger partial charge < -0.3 is 13.9 Å². The first-order valence-electron chi connectivity index (χ1n) is 8.51. The zero-order valence-electron chi connectivity index (χ0n) is 14.5. The Hall–Kier alpha value is -2.56. The van der Waals surface area contributed by atoms with Crippen LogP contribution >= 0.6 is 0 Å². The van der Waals surface area contributed by atoms with Crippen LogP contribution in [0.25, 0.3) is 11.5 Å². The minimum absolute atomic E-state index is 0.169. The Kier molecular flexibility index (Phi) is 5.04. The van der Waals surface area contributed by atoms with Crippen LogP contribution in [0.4, 0.5) is 0 Å². The molecule has 1 aliphatic heterocycles. The molecule has 10 heteroatoms. The van der Waals surface area contributed by atoms with Gasteiger partial charge in [-0.2, -0.15) is 5.10 Å². The van der Waals surface area contributed by atoms with E-state index in [0.29, 0.717) is 32.8 Å². The SMILES string of the molecule is COCCn1nnnc1[C@H]1CN(Cc2ccc(-c3ccn[nH]3)o2)CCO1. The maximum absolute atomic E-state index is 5.92. The van der Waals surface area contributed by atoms with Crippen molar-refractivity contribution < 1.29 is 13.9 Å². The second-order valence-corrected chi connectivity index (χ2v) is 6.08. The van der Waals surface area contributed by atoms with Crippen LogP contribution in [0.5, 0.6) is 0 Å². The third-order valence-electron chi connectivity index (χ3n) is 4.31. The molecule has 10 nitrogen and oxygen atoms in total. The first-order valence-corrected chi connectivity index (χ1v) is 8.51. The number of nitrogens with one attached hydrogen (secondary N) is 1. The maximum atomic E-state index is 5.92. The number of morpholine rings is 1. The van der Waals surface area contributed by atoms with E-state index in [1.165, 1.54) is 0 Å². The molecule has 138 valence electrons. The Morgan fingerprint density at radius 2 is 2.31 bits per heavy atom. The number of hydrogen-bond donors (Lipinski definition) is 1. The fraction of sp³-hybridized carbons (Fsp3) is 0.500. The van der Waals surface area contributed by atoms with Gasteiger partial charge in [0.15, 0.2) is 11.6 Å². The summed E-state index contributed by atoms with van der Waals surface area (Å²) in [6.07, 6.45) is 1.54. The fourth-order valence-corrected chi connectivity index (χ4v) is 3.00. The highest BCUT2D eigenvalue weighted by molar-refractivity contribution is 5.51. The molecule has 1 atom stereocenters. The molecule has 0 spiro atoms. The predicted octanol–water partition coefficient (Wildman–Crippen LogP) is 0.876. The van der Waals surface area contributed by atoms with Gasteiger partial charge in [0, 0.05) is 26.4 Å². The van der Waals surface area contributed by atoms with Crippen LogP contribution in [-0.4, -0.2) is 68.7 Å². The van der Waals surface area contributed by atoms with Crippen LogP contribution in [0.15, 0.2) is 28.8 Å². The second kappa shape index (κ2) is 7.77. The number of nitrogens with zero attached hydrogens (tertiary/aromatic N) is 6. The lowest BCUT2D eigenvalue weighted by atomic mass is 10.2. The van der Waals surface area contributed by atoms with Crippen LogP contribution in [0.2, 0.25) is 0 Å². The van der Waals surface area contributed by atoms with E-state index >= 15 is 0 Å². The van der Waals surface area contributed by atoms with Crippen molar-refractivity contribution >= 4 is 0 Å². The molecule has 0 amide bonds. The van der Waals surface area contributed by atoms with E-state index in [9.17, 15) is 0 Å². The van der Waals surface area contributed by atoms with E-state index in [1.807, 2.05) is 18.2 Å². The Morgan fingerprint density at radius 3 is 3.15 bits per heavy atom. The van der Waals surface area contributed by atoms with E-state index in [2.05, 4.69) is 30.6 Å². The Balaban J connectivity index is 1.40. The van der Waals surface area contributed by atoms with Crippen molar-refractivity contribution in [1.29, 1.82) is 0 Å². The molecule has 1 aliphatic rings. The Morgan fingerprint density at radius 1 is 1.35 bits per heavy atom. The van der Waals surface area contributed by atoms with Gasteiger partial charge >= 0.3 is 0 Å². The number of tetrazole rings is 1. The summed E-state index contributed by atoms with van der Waals surface area (Å²) in [5.74, 6) is 2.41. The summed E-state index contributed by atoms with van der Waals surface area (Å²) in [6.45, 7) is 4.01. The number of aromatic amines is 1. The van der Waals surface area contributed by atoms with Crippen molar-refractivity contribution in [1.82, 2.24) is 35.3 Å². The monoisotopic (exact) mass is 359 g/mol. The number of aromatic nitrogens is 6. The van der Waals surface area contributed by atoms with Gasteiger partial charge in [-0.1, -0.05) is 0 Å². The summed E-state index contributed by atoms with van der Waals surface area (Å²) < 4.78 is 18.6. The van der Waals surface area contributed by atoms with E-state index in [0.717, 1.165) is 29.6 Å². The van der Waals surface area contributed by atoms with E-state index in [4.69, 9.17) is 13.9 Å².